The molecule has 5 atom stereocenters. The first-order valence-corrected chi connectivity index (χ1v) is 13.7. The summed E-state index contributed by atoms with van der Waals surface area (Å²) in [5.74, 6) is -3.58. The number of aliphatic carboxylic acids is 4. The molecule has 0 saturated heterocycles. The standard InChI is InChI=1S/C11H12N2O2.C9H11NO2.C6H13NO2.C4H9NO3/c12-9(11(14)15)5-7-6-13-10-4-2-1-3-8(7)10;10-8(6-9(11)12)7-4-2-1-3-5-7;1-4(2)3-5(7)6(8)9;1-2(6)3(5)4(7)8/h1-4,6,9,13H,5,12H2,(H,14,15);1-5,8H,6,10H2,(H,11,12);4-5H,3,7H2,1-2H3,(H,8,9);2-3,6H,5H2,1H3,(H,7,8). The zero-order valence-corrected chi connectivity index (χ0v) is 25.0. The number of carbonyl (C=O) groups is 4. The van der Waals surface area contributed by atoms with Gasteiger partial charge in [-0.25, -0.2) is 0 Å². The van der Waals surface area contributed by atoms with Crippen LogP contribution in [0.5, 0.6) is 0 Å². The van der Waals surface area contributed by atoms with Gasteiger partial charge in [0.25, 0.3) is 0 Å². The van der Waals surface area contributed by atoms with E-state index < -0.39 is 54.1 Å². The van der Waals surface area contributed by atoms with E-state index in [2.05, 4.69) is 4.98 Å². The van der Waals surface area contributed by atoms with Gasteiger partial charge in [0.1, 0.15) is 18.1 Å². The Kier molecular flexibility index (Phi) is 18.5. The van der Waals surface area contributed by atoms with Gasteiger partial charge in [0.2, 0.25) is 0 Å². The minimum absolute atomic E-state index is 0.0238. The molecule has 0 aliphatic heterocycles. The number of para-hydroxylation sites is 1. The summed E-state index contributed by atoms with van der Waals surface area (Å²) in [6.45, 7) is 5.23. The molecule has 0 radical (unpaired) electrons. The summed E-state index contributed by atoms with van der Waals surface area (Å²) in [6.07, 6.45) is 1.71. The lowest BCUT2D eigenvalue weighted by Gasteiger charge is -2.07. The van der Waals surface area contributed by atoms with Crippen molar-refractivity contribution in [3.05, 3.63) is 71.9 Å². The SMILES string of the molecule is CC(C)CC(N)C(=O)O.CC(O)C(N)C(=O)O.NC(CC(=O)O)c1ccccc1.NC(Cc1c[nH]c2ccccc12)C(=O)O. The number of nitrogens with two attached hydrogens (primary N) is 4. The first-order valence-electron chi connectivity index (χ1n) is 13.7. The van der Waals surface area contributed by atoms with Crippen molar-refractivity contribution >= 4 is 34.8 Å². The average molecular weight is 620 g/mol. The Labute approximate surface area is 255 Å². The van der Waals surface area contributed by atoms with E-state index >= 15 is 0 Å². The highest BCUT2D eigenvalue weighted by molar-refractivity contribution is 5.84. The summed E-state index contributed by atoms with van der Waals surface area (Å²) in [6, 6.07) is 13.9. The molecule has 244 valence electrons. The molecule has 0 saturated carbocycles. The van der Waals surface area contributed by atoms with Gasteiger partial charge in [0.15, 0.2) is 0 Å². The second-order valence-corrected chi connectivity index (χ2v) is 10.3. The topological polar surface area (TPSA) is 289 Å². The third-order valence-electron chi connectivity index (χ3n) is 5.90. The maximum atomic E-state index is 10.6. The van der Waals surface area contributed by atoms with Crippen molar-refractivity contribution in [2.45, 2.75) is 70.3 Å². The van der Waals surface area contributed by atoms with Crippen molar-refractivity contribution in [1.29, 1.82) is 0 Å². The summed E-state index contributed by atoms with van der Waals surface area (Å²) in [7, 11) is 0. The smallest absolute Gasteiger partial charge is 0.323 e. The molecular formula is C30H45N5O9. The van der Waals surface area contributed by atoms with Crippen LogP contribution in [0.25, 0.3) is 10.9 Å². The van der Waals surface area contributed by atoms with Crippen molar-refractivity contribution in [2.75, 3.05) is 0 Å². The Bertz CT molecular complexity index is 1300. The van der Waals surface area contributed by atoms with Gasteiger partial charge in [-0.1, -0.05) is 62.4 Å². The van der Waals surface area contributed by atoms with Crippen molar-refractivity contribution in [2.24, 2.45) is 28.9 Å². The van der Waals surface area contributed by atoms with Gasteiger partial charge >= 0.3 is 23.9 Å². The molecule has 14 nitrogen and oxygen atoms in total. The second-order valence-electron chi connectivity index (χ2n) is 10.3. The fraction of sp³-hybridized carbons (Fsp3) is 0.400. The van der Waals surface area contributed by atoms with Crippen LogP contribution in [-0.2, 0) is 25.6 Å². The van der Waals surface area contributed by atoms with Crippen LogP contribution in [0.15, 0.2) is 60.8 Å². The van der Waals surface area contributed by atoms with E-state index in [9.17, 15) is 19.2 Å². The first-order chi connectivity index (χ1) is 20.5. The van der Waals surface area contributed by atoms with Crippen LogP contribution in [-0.4, -0.2) is 78.6 Å². The van der Waals surface area contributed by atoms with Gasteiger partial charge < -0.3 is 53.5 Å². The molecule has 14 heteroatoms. The van der Waals surface area contributed by atoms with E-state index in [1.165, 1.54) is 6.92 Å². The number of aromatic amines is 1. The van der Waals surface area contributed by atoms with Crippen molar-refractivity contribution in [3.8, 4) is 0 Å². The lowest BCUT2D eigenvalue weighted by molar-refractivity contribution is -0.141. The predicted molar refractivity (Wildman–Crippen MR) is 166 cm³/mol. The lowest BCUT2D eigenvalue weighted by Crippen LogP contribution is -2.39. The molecule has 2 aromatic carbocycles. The van der Waals surface area contributed by atoms with Crippen LogP contribution in [0.3, 0.4) is 0 Å². The molecular weight excluding hydrogens is 574 g/mol. The van der Waals surface area contributed by atoms with E-state index in [0.29, 0.717) is 18.8 Å². The fourth-order valence-corrected chi connectivity index (χ4v) is 3.45. The molecule has 14 N–H and O–H groups in total. The number of aliphatic hydroxyl groups is 1. The molecule has 0 fully saturated rings. The number of carboxylic acid groups (broad SMARTS) is 4. The average Bonchev–Trinajstić information content (AvgIpc) is 3.36. The van der Waals surface area contributed by atoms with Crippen LogP contribution >= 0.6 is 0 Å². The number of aliphatic hydroxyl groups excluding tert-OH is 1. The van der Waals surface area contributed by atoms with Gasteiger partial charge in [-0.05, 0) is 36.5 Å². The summed E-state index contributed by atoms with van der Waals surface area (Å²) in [5, 5.41) is 43.1. The maximum Gasteiger partial charge on any atom is 0.323 e. The summed E-state index contributed by atoms with van der Waals surface area (Å²) >= 11 is 0. The Hall–Kier alpha value is -4.34. The number of aromatic nitrogens is 1. The molecule has 1 heterocycles. The molecule has 0 amide bonds. The lowest BCUT2D eigenvalue weighted by atomic mass is 10.1. The van der Waals surface area contributed by atoms with Crippen molar-refractivity contribution in [1.82, 2.24) is 4.98 Å². The van der Waals surface area contributed by atoms with Crippen LogP contribution in [0.2, 0.25) is 0 Å². The molecule has 0 aliphatic rings. The van der Waals surface area contributed by atoms with E-state index in [1.54, 1.807) is 0 Å². The highest BCUT2D eigenvalue weighted by Crippen LogP contribution is 2.18. The number of carboxylic acids is 4. The van der Waals surface area contributed by atoms with Gasteiger partial charge in [-0.2, -0.15) is 0 Å². The Morgan fingerprint density at radius 1 is 0.750 bits per heavy atom. The van der Waals surface area contributed by atoms with Crippen LogP contribution in [0.1, 0.15) is 50.8 Å². The van der Waals surface area contributed by atoms with Gasteiger partial charge in [0, 0.05) is 29.6 Å². The number of fused-ring (bicyclic) bond motifs is 1. The number of hydrogen-bond acceptors (Lipinski definition) is 9. The number of hydrogen-bond donors (Lipinski definition) is 10. The minimum Gasteiger partial charge on any atom is -0.481 e. The normalized spacial score (nSPS) is 13.8. The number of H-pyrrole nitrogens is 1. The molecule has 0 aliphatic carbocycles. The maximum absolute atomic E-state index is 10.6. The molecule has 44 heavy (non-hydrogen) atoms. The first kappa shape index (κ1) is 39.7. The highest BCUT2D eigenvalue weighted by atomic mass is 16.4. The van der Waals surface area contributed by atoms with E-state index in [1.807, 2.05) is 74.6 Å². The zero-order valence-electron chi connectivity index (χ0n) is 25.0. The molecule has 0 spiro atoms. The second kappa shape index (κ2) is 20.5. The van der Waals surface area contributed by atoms with Crippen LogP contribution in [0, 0.1) is 5.92 Å². The zero-order chi connectivity index (χ0) is 34.0. The quantitative estimate of drug-likeness (QED) is 0.146. The number of rotatable bonds is 11. The molecule has 3 aromatic rings. The van der Waals surface area contributed by atoms with E-state index in [4.69, 9.17) is 48.5 Å². The van der Waals surface area contributed by atoms with Gasteiger partial charge in [0.05, 0.1) is 12.5 Å². The number of benzene rings is 2. The largest absolute Gasteiger partial charge is 0.481 e. The third kappa shape index (κ3) is 16.3. The van der Waals surface area contributed by atoms with Crippen LogP contribution < -0.4 is 22.9 Å². The minimum atomic E-state index is -1.18. The molecule has 0 bridgehead atoms. The predicted octanol–water partition coefficient (Wildman–Crippen LogP) is 1.51. The molecule has 1 aromatic heterocycles. The van der Waals surface area contributed by atoms with Gasteiger partial charge in [-0.15, -0.1) is 0 Å². The summed E-state index contributed by atoms with van der Waals surface area (Å²) in [4.78, 5) is 44.0. The van der Waals surface area contributed by atoms with Crippen molar-refractivity contribution < 1.29 is 44.7 Å². The fourth-order valence-electron chi connectivity index (χ4n) is 3.45. The van der Waals surface area contributed by atoms with Crippen LogP contribution in [0.4, 0.5) is 0 Å². The summed E-state index contributed by atoms with van der Waals surface area (Å²) in [5.41, 5.74) is 24.0. The molecule has 3 rings (SSSR count). The van der Waals surface area contributed by atoms with E-state index in [-0.39, 0.29) is 6.42 Å². The molecule has 5 unspecified atom stereocenters. The van der Waals surface area contributed by atoms with Crippen molar-refractivity contribution in [3.63, 3.8) is 0 Å². The number of nitrogens with one attached hydrogen (secondary N) is 1. The third-order valence-corrected chi connectivity index (χ3v) is 5.90. The Balaban J connectivity index is 0.000000580. The van der Waals surface area contributed by atoms with Gasteiger partial charge in [-0.3, -0.25) is 19.2 Å². The Morgan fingerprint density at radius 3 is 1.68 bits per heavy atom. The summed E-state index contributed by atoms with van der Waals surface area (Å²) < 4.78 is 0. The Morgan fingerprint density at radius 2 is 1.27 bits per heavy atom. The van der Waals surface area contributed by atoms with E-state index in [0.717, 1.165) is 22.0 Å². The highest BCUT2D eigenvalue weighted by Gasteiger charge is 2.16. The monoisotopic (exact) mass is 619 g/mol.